The molecule has 56 valence electrons. The van der Waals surface area contributed by atoms with Gasteiger partial charge in [0.15, 0.2) is 0 Å². The van der Waals surface area contributed by atoms with Crippen molar-refractivity contribution >= 4 is 21.9 Å². The van der Waals surface area contributed by atoms with E-state index in [0.717, 1.165) is 17.6 Å². The minimum absolute atomic E-state index is 1.05. The van der Waals surface area contributed by atoms with E-state index >= 15 is 0 Å². The van der Waals surface area contributed by atoms with Crippen molar-refractivity contribution in [2.45, 2.75) is 6.42 Å². The Kier molecular flexibility index (Phi) is 0.587. The average molecular weight is 154 g/mol. The molecule has 2 aromatic carbocycles. The largest absolute Gasteiger partial charge is 0.456 e. The lowest BCUT2D eigenvalue weighted by Crippen LogP contribution is -1.92. The molecule has 0 saturated heterocycles. The van der Waals surface area contributed by atoms with Crippen molar-refractivity contribution in [3.63, 3.8) is 0 Å². The molecule has 0 amide bonds. The van der Waals surface area contributed by atoms with Crippen LogP contribution in [0.4, 0.5) is 0 Å². The zero-order valence-electron chi connectivity index (χ0n) is 6.42. The summed E-state index contributed by atoms with van der Waals surface area (Å²) < 4.78 is 5.67. The molecule has 1 aliphatic carbocycles. The Morgan fingerprint density at radius 2 is 2.00 bits per heavy atom. The van der Waals surface area contributed by atoms with Crippen LogP contribution in [0, 0.1) is 0 Å². The van der Waals surface area contributed by atoms with Gasteiger partial charge in [-0.25, -0.2) is 0 Å². The summed E-state index contributed by atoms with van der Waals surface area (Å²) >= 11 is 0. The van der Waals surface area contributed by atoms with Gasteiger partial charge in [-0.15, -0.1) is 0 Å². The Bertz CT molecular complexity index is 565. The van der Waals surface area contributed by atoms with Gasteiger partial charge in [0.2, 0.25) is 0 Å². The van der Waals surface area contributed by atoms with Crippen molar-refractivity contribution in [1.82, 2.24) is 0 Å². The van der Waals surface area contributed by atoms with E-state index in [9.17, 15) is 0 Å². The highest BCUT2D eigenvalue weighted by molar-refractivity contribution is 6.02. The lowest BCUT2D eigenvalue weighted by Gasteiger charge is -2.07. The molecule has 1 aromatic heterocycles. The van der Waals surface area contributed by atoms with Gasteiger partial charge in [-0.1, -0.05) is 6.07 Å². The van der Waals surface area contributed by atoms with E-state index in [1.165, 1.54) is 21.9 Å². The normalized spacial score (nSPS) is 14.3. The predicted octanol–water partition coefficient (Wildman–Crippen LogP) is 2.93. The highest BCUT2D eigenvalue weighted by Crippen LogP contribution is 2.36. The standard InChI is InChI=1S/C11H6O/c1-6-2-8-4-7(1)9-5-10(8)12-11(9)3-6/h1,3-5H,2H2. The zero-order valence-corrected chi connectivity index (χ0v) is 6.42. The Morgan fingerprint density at radius 3 is 3.00 bits per heavy atom. The van der Waals surface area contributed by atoms with Crippen LogP contribution in [0.3, 0.4) is 0 Å². The van der Waals surface area contributed by atoms with E-state index in [-0.39, 0.29) is 0 Å². The molecule has 0 atom stereocenters. The Balaban J connectivity index is 2.61. The number of hydrogen-bond donors (Lipinski definition) is 0. The first-order valence-corrected chi connectivity index (χ1v) is 4.17. The first-order chi connectivity index (χ1) is 5.90. The molecule has 0 spiro atoms. The summed E-state index contributed by atoms with van der Waals surface area (Å²) in [7, 11) is 0. The van der Waals surface area contributed by atoms with Crippen molar-refractivity contribution in [3.8, 4) is 0 Å². The molecule has 12 heavy (non-hydrogen) atoms. The smallest absolute Gasteiger partial charge is 0.135 e. The van der Waals surface area contributed by atoms with Gasteiger partial charge in [0.25, 0.3) is 0 Å². The molecule has 1 heterocycles. The number of rotatable bonds is 0. The molecule has 0 fully saturated rings. The second kappa shape index (κ2) is 1.36. The summed E-state index contributed by atoms with van der Waals surface area (Å²) in [4.78, 5) is 0. The van der Waals surface area contributed by atoms with Crippen molar-refractivity contribution < 1.29 is 4.42 Å². The van der Waals surface area contributed by atoms with Crippen LogP contribution in [0.1, 0.15) is 11.1 Å². The zero-order chi connectivity index (χ0) is 7.71. The third-order valence-electron chi connectivity index (χ3n) is 2.77. The van der Waals surface area contributed by atoms with E-state index in [1.54, 1.807) is 0 Å². The third kappa shape index (κ3) is 0.402. The van der Waals surface area contributed by atoms with Gasteiger partial charge < -0.3 is 4.42 Å². The first-order valence-electron chi connectivity index (χ1n) is 4.17. The topological polar surface area (TPSA) is 13.1 Å². The van der Waals surface area contributed by atoms with Crippen molar-refractivity contribution in [2.24, 2.45) is 0 Å². The van der Waals surface area contributed by atoms with Gasteiger partial charge in [-0.3, -0.25) is 0 Å². The number of hydrogen-bond acceptors (Lipinski definition) is 1. The lowest BCUT2D eigenvalue weighted by atomic mass is 9.94. The van der Waals surface area contributed by atoms with Crippen LogP contribution < -0.4 is 0 Å². The molecule has 0 radical (unpaired) electrons. The summed E-state index contributed by atoms with van der Waals surface area (Å²) in [5.74, 6) is 0. The second-order valence-electron chi connectivity index (χ2n) is 3.55. The molecular weight excluding hydrogens is 148 g/mol. The monoisotopic (exact) mass is 154 g/mol. The Labute approximate surface area is 68.9 Å². The second-order valence-corrected chi connectivity index (χ2v) is 3.55. The number of fused-ring (bicyclic) bond motifs is 4. The van der Waals surface area contributed by atoms with Crippen LogP contribution in [0.25, 0.3) is 21.9 Å². The molecule has 4 rings (SSSR count). The van der Waals surface area contributed by atoms with Gasteiger partial charge in [0.1, 0.15) is 11.2 Å². The fraction of sp³-hybridized carbons (Fsp3) is 0.0909. The van der Waals surface area contributed by atoms with Crippen molar-refractivity contribution in [1.29, 1.82) is 0 Å². The summed E-state index contributed by atoms with van der Waals surface area (Å²) in [6, 6.07) is 8.81. The fourth-order valence-electron chi connectivity index (χ4n) is 2.22. The van der Waals surface area contributed by atoms with Crippen LogP contribution in [0.5, 0.6) is 0 Å². The van der Waals surface area contributed by atoms with Gasteiger partial charge in [-0.05, 0) is 34.7 Å². The summed E-state index contributed by atoms with van der Waals surface area (Å²) in [6.45, 7) is 0. The number of benzene rings is 2. The quantitative estimate of drug-likeness (QED) is 0.379. The van der Waals surface area contributed by atoms with Gasteiger partial charge >= 0.3 is 0 Å². The molecule has 1 nitrogen and oxygen atoms in total. The predicted molar refractivity (Wildman–Crippen MR) is 47.7 cm³/mol. The molecule has 1 heteroatoms. The maximum absolute atomic E-state index is 5.67. The molecule has 0 N–H and O–H groups in total. The first kappa shape index (κ1) is 5.20. The SMILES string of the molecule is c1c2cc3oc4cc3c1cc4C2. The van der Waals surface area contributed by atoms with Gasteiger partial charge in [0, 0.05) is 11.8 Å². The molecule has 1 aliphatic rings. The van der Waals surface area contributed by atoms with Crippen LogP contribution in [-0.4, -0.2) is 0 Å². The summed E-state index contributed by atoms with van der Waals surface area (Å²) in [6.07, 6.45) is 1.05. The third-order valence-corrected chi connectivity index (χ3v) is 2.77. The fourth-order valence-corrected chi connectivity index (χ4v) is 2.22. The van der Waals surface area contributed by atoms with E-state index < -0.39 is 0 Å². The molecule has 3 aromatic rings. The van der Waals surface area contributed by atoms with Crippen LogP contribution in [0.2, 0.25) is 0 Å². The Hall–Kier alpha value is -1.50. The van der Waals surface area contributed by atoms with Gasteiger partial charge in [-0.2, -0.15) is 0 Å². The van der Waals surface area contributed by atoms with Gasteiger partial charge in [0.05, 0.1) is 0 Å². The molecule has 0 unspecified atom stereocenters. The molecule has 5 bridgehead atoms. The highest BCUT2D eigenvalue weighted by atomic mass is 16.3. The minimum atomic E-state index is 1.05. The van der Waals surface area contributed by atoms with Crippen molar-refractivity contribution in [3.05, 3.63) is 35.4 Å². The maximum atomic E-state index is 5.67. The summed E-state index contributed by atoms with van der Waals surface area (Å²) in [5, 5.41) is 2.61. The van der Waals surface area contributed by atoms with E-state index in [4.69, 9.17) is 4.42 Å². The lowest BCUT2D eigenvalue weighted by molar-refractivity contribution is 0.666. The van der Waals surface area contributed by atoms with E-state index in [0.29, 0.717) is 0 Å². The van der Waals surface area contributed by atoms with Crippen LogP contribution >= 0.6 is 0 Å². The average Bonchev–Trinajstić information content (AvgIpc) is 2.39. The molecule has 0 saturated carbocycles. The highest BCUT2D eigenvalue weighted by Gasteiger charge is 2.16. The molecular formula is C11H6O. The van der Waals surface area contributed by atoms with E-state index in [1.807, 2.05) is 0 Å². The molecule has 0 aliphatic heterocycles. The number of furan rings is 1. The Morgan fingerprint density at radius 1 is 1.00 bits per heavy atom. The maximum Gasteiger partial charge on any atom is 0.135 e. The van der Waals surface area contributed by atoms with Crippen molar-refractivity contribution in [2.75, 3.05) is 0 Å². The minimum Gasteiger partial charge on any atom is -0.456 e. The van der Waals surface area contributed by atoms with E-state index in [2.05, 4.69) is 24.3 Å². The van der Waals surface area contributed by atoms with Crippen LogP contribution in [0.15, 0.2) is 28.7 Å². The summed E-state index contributed by atoms with van der Waals surface area (Å²) in [5.41, 5.74) is 4.86. The van der Waals surface area contributed by atoms with Crippen LogP contribution in [-0.2, 0) is 6.42 Å².